The van der Waals surface area contributed by atoms with Gasteiger partial charge in [0.25, 0.3) is 6.69 Å². The van der Waals surface area contributed by atoms with E-state index in [9.17, 15) is 65.9 Å². The summed E-state index contributed by atoms with van der Waals surface area (Å²) in [5.74, 6) is -46.3. The zero-order valence-corrected chi connectivity index (χ0v) is 28.8. The standard InChI is InChI=1S/C29H45Cl2F15Si/c1-2-3-4-5-6-7-8-9-10-11-12-13-14-15-16-17-18-21-47(30,31)22-19-20-23(32,33)24(34,35)25(36,37)26(38,39)27(40,41)28(42,43)29(44,45)46/h2-22H2,1H3. The Morgan fingerprint density at radius 1 is 0.362 bits per heavy atom. The van der Waals surface area contributed by atoms with Crippen LogP contribution in [0.25, 0.3) is 0 Å². The number of hydrogen-bond donors (Lipinski definition) is 0. The number of halogens is 17. The first-order valence-corrected chi connectivity index (χ1v) is 20.4. The summed E-state index contributed by atoms with van der Waals surface area (Å²) in [4.78, 5) is 0. The summed E-state index contributed by atoms with van der Waals surface area (Å²) in [6.07, 6.45) is 7.27. The topological polar surface area (TPSA) is 0 Å². The predicted molar refractivity (Wildman–Crippen MR) is 156 cm³/mol. The lowest BCUT2D eigenvalue weighted by atomic mass is 9.90. The van der Waals surface area contributed by atoms with Crippen LogP contribution in [-0.2, 0) is 0 Å². The van der Waals surface area contributed by atoms with E-state index in [-0.39, 0.29) is 6.04 Å². The second kappa shape index (κ2) is 19.4. The average Bonchev–Trinajstić information content (AvgIpc) is 2.93. The molecule has 0 spiro atoms. The maximum Gasteiger partial charge on any atom is 0.460 e. The molecule has 0 saturated heterocycles. The summed E-state index contributed by atoms with van der Waals surface area (Å²) in [6, 6.07) is -0.561. The van der Waals surface area contributed by atoms with E-state index in [2.05, 4.69) is 6.92 Å². The quantitative estimate of drug-likeness (QED) is 0.0337. The van der Waals surface area contributed by atoms with Crippen LogP contribution in [0.5, 0.6) is 0 Å². The van der Waals surface area contributed by atoms with Gasteiger partial charge in [0.05, 0.1) is 0 Å². The van der Waals surface area contributed by atoms with E-state index in [1.54, 1.807) is 0 Å². The molecule has 284 valence electrons. The van der Waals surface area contributed by atoms with Crippen molar-refractivity contribution in [3.8, 4) is 0 Å². The molecule has 0 aromatic carbocycles. The molecule has 47 heavy (non-hydrogen) atoms. The first-order chi connectivity index (χ1) is 21.3. The molecule has 0 bridgehead atoms. The summed E-state index contributed by atoms with van der Waals surface area (Å²) >= 11 is 12.2. The molecule has 0 aliphatic heterocycles. The summed E-state index contributed by atoms with van der Waals surface area (Å²) in [5, 5.41) is 0. The van der Waals surface area contributed by atoms with Crippen molar-refractivity contribution in [1.29, 1.82) is 0 Å². The summed E-state index contributed by atoms with van der Waals surface area (Å²) in [5.41, 5.74) is 0. The van der Waals surface area contributed by atoms with Crippen LogP contribution in [0.4, 0.5) is 65.9 Å². The van der Waals surface area contributed by atoms with E-state index in [1.807, 2.05) is 0 Å². The van der Waals surface area contributed by atoms with E-state index in [0.717, 1.165) is 38.5 Å². The van der Waals surface area contributed by atoms with Crippen molar-refractivity contribution in [2.24, 2.45) is 0 Å². The van der Waals surface area contributed by atoms with Gasteiger partial charge in [0.2, 0.25) is 0 Å². The second-order valence-electron chi connectivity index (χ2n) is 12.2. The Kier molecular flexibility index (Phi) is 19.3. The lowest BCUT2D eigenvalue weighted by Crippen LogP contribution is -2.72. The fourth-order valence-corrected chi connectivity index (χ4v) is 8.27. The zero-order chi connectivity index (χ0) is 36.8. The van der Waals surface area contributed by atoms with E-state index >= 15 is 0 Å². The normalized spacial score (nSPS) is 14.7. The fourth-order valence-electron chi connectivity index (χ4n) is 4.96. The highest BCUT2D eigenvalue weighted by atomic mass is 35.7. The molecule has 0 heterocycles. The maximum absolute atomic E-state index is 14.1. The lowest BCUT2D eigenvalue weighted by molar-refractivity contribution is -0.452. The summed E-state index contributed by atoms with van der Waals surface area (Å²) in [7, 11) is 0. The van der Waals surface area contributed by atoms with Crippen LogP contribution < -0.4 is 0 Å². The van der Waals surface area contributed by atoms with Crippen LogP contribution in [0.1, 0.15) is 129 Å². The number of unbranched alkanes of at least 4 members (excludes halogenated alkanes) is 16. The Bertz CT molecular complexity index is 865. The van der Waals surface area contributed by atoms with Crippen LogP contribution in [0.15, 0.2) is 0 Å². The van der Waals surface area contributed by atoms with Gasteiger partial charge in [-0.1, -0.05) is 116 Å². The Labute approximate surface area is 277 Å². The summed E-state index contributed by atoms with van der Waals surface area (Å²) < 4.78 is 200. The molecular weight excluding hydrogens is 732 g/mol. The number of rotatable bonds is 27. The molecule has 0 unspecified atom stereocenters. The van der Waals surface area contributed by atoms with Gasteiger partial charge in [-0.3, -0.25) is 0 Å². The molecular formula is C29H45Cl2F15Si. The third kappa shape index (κ3) is 13.1. The maximum atomic E-state index is 14.1. The lowest BCUT2D eigenvalue weighted by Gasteiger charge is -2.41. The van der Waals surface area contributed by atoms with Crippen LogP contribution in [0.3, 0.4) is 0 Å². The Hall–Kier alpha value is -0.253. The monoisotopic (exact) mass is 776 g/mol. The fraction of sp³-hybridized carbons (Fsp3) is 1.00. The van der Waals surface area contributed by atoms with Gasteiger partial charge >= 0.3 is 41.7 Å². The smallest absolute Gasteiger partial charge is 0.200 e. The van der Waals surface area contributed by atoms with Gasteiger partial charge in [-0.25, -0.2) is 0 Å². The van der Waals surface area contributed by atoms with Crippen LogP contribution >= 0.6 is 22.2 Å². The largest absolute Gasteiger partial charge is 0.460 e. The third-order valence-electron chi connectivity index (χ3n) is 8.07. The van der Waals surface area contributed by atoms with E-state index in [0.29, 0.717) is 12.8 Å². The molecule has 0 nitrogen and oxygen atoms in total. The number of alkyl halides is 15. The molecule has 0 aromatic rings. The van der Waals surface area contributed by atoms with Crippen LogP contribution in [-0.4, -0.2) is 48.4 Å². The minimum Gasteiger partial charge on any atom is -0.200 e. The molecule has 0 aliphatic carbocycles. The van der Waals surface area contributed by atoms with Crippen molar-refractivity contribution < 1.29 is 65.9 Å². The zero-order valence-electron chi connectivity index (χ0n) is 26.3. The van der Waals surface area contributed by atoms with Gasteiger partial charge in [0.15, 0.2) is 0 Å². The predicted octanol–water partition coefficient (Wildman–Crippen LogP) is 14.7. The van der Waals surface area contributed by atoms with Gasteiger partial charge in [0, 0.05) is 6.42 Å². The van der Waals surface area contributed by atoms with Gasteiger partial charge in [-0.2, -0.15) is 65.9 Å². The van der Waals surface area contributed by atoms with Crippen molar-refractivity contribution in [2.45, 2.75) is 183 Å². The molecule has 0 fully saturated rings. The molecule has 0 aliphatic rings. The van der Waals surface area contributed by atoms with Crippen molar-refractivity contribution in [2.75, 3.05) is 0 Å². The van der Waals surface area contributed by atoms with E-state index in [1.165, 1.54) is 57.8 Å². The number of hydrogen-bond acceptors (Lipinski definition) is 0. The van der Waals surface area contributed by atoms with Gasteiger partial charge in [-0.05, 0) is 18.5 Å². The molecule has 0 N–H and O–H groups in total. The third-order valence-corrected chi connectivity index (χ3v) is 12.5. The van der Waals surface area contributed by atoms with Crippen molar-refractivity contribution in [3.05, 3.63) is 0 Å². The average molecular weight is 778 g/mol. The summed E-state index contributed by atoms with van der Waals surface area (Å²) in [6.45, 7) is -1.26. The molecule has 0 saturated carbocycles. The Morgan fingerprint density at radius 2 is 0.638 bits per heavy atom. The minimum absolute atomic E-state index is 0.0731. The molecule has 0 aromatic heterocycles. The van der Waals surface area contributed by atoms with Gasteiger partial charge < -0.3 is 0 Å². The first-order valence-electron chi connectivity index (χ1n) is 16.0. The SMILES string of the molecule is CCCCCCCCCCCCCCCCCCC[Si](Cl)(Cl)CCCC(F)(F)C(F)(F)C(F)(F)C(F)(F)C(F)(F)C(F)(F)C(F)(F)F. The highest BCUT2D eigenvalue weighted by Crippen LogP contribution is 2.62. The molecule has 18 heteroatoms. The van der Waals surface area contributed by atoms with Gasteiger partial charge in [0.1, 0.15) is 0 Å². The second-order valence-corrected chi connectivity index (χ2v) is 19.8. The van der Waals surface area contributed by atoms with Crippen LogP contribution in [0.2, 0.25) is 12.1 Å². The van der Waals surface area contributed by atoms with Crippen molar-refractivity contribution in [1.82, 2.24) is 0 Å². The van der Waals surface area contributed by atoms with E-state index < -0.39 is 67.3 Å². The Balaban J connectivity index is 4.58. The van der Waals surface area contributed by atoms with Gasteiger partial charge in [-0.15, -0.1) is 22.2 Å². The molecule has 0 amide bonds. The molecule has 0 rings (SSSR count). The molecule has 0 atom stereocenters. The minimum atomic E-state index is -8.27. The first kappa shape index (κ1) is 46.7. The highest BCUT2D eigenvalue weighted by molar-refractivity contribution is 7.45. The van der Waals surface area contributed by atoms with Crippen molar-refractivity contribution in [3.63, 3.8) is 0 Å². The highest BCUT2D eigenvalue weighted by Gasteiger charge is 2.93. The van der Waals surface area contributed by atoms with E-state index in [4.69, 9.17) is 22.2 Å². The van der Waals surface area contributed by atoms with Crippen LogP contribution in [0, 0.1) is 0 Å². The Morgan fingerprint density at radius 3 is 0.979 bits per heavy atom. The van der Waals surface area contributed by atoms with Crippen molar-refractivity contribution >= 4 is 28.9 Å². The molecule has 0 radical (unpaired) electrons.